The molecule has 6 nitrogen and oxygen atoms in total. The number of aryl methyl sites for hydroxylation is 1. The Balaban J connectivity index is 0.00000272. The molecule has 0 spiro atoms. The number of benzene rings is 1. The van der Waals surface area contributed by atoms with Gasteiger partial charge in [-0.3, -0.25) is 9.39 Å². The first kappa shape index (κ1) is 23.5. The Labute approximate surface area is 202 Å². The number of guanidine groups is 1. The topological polar surface area (TPSA) is 66.6 Å². The van der Waals surface area contributed by atoms with Crippen molar-refractivity contribution in [3.63, 3.8) is 0 Å². The van der Waals surface area contributed by atoms with Gasteiger partial charge in [-0.05, 0) is 43.9 Å². The zero-order chi connectivity index (χ0) is 20.7. The third-order valence-corrected chi connectivity index (χ3v) is 6.08. The lowest BCUT2D eigenvalue weighted by Gasteiger charge is -2.28. The van der Waals surface area contributed by atoms with Gasteiger partial charge in [-0.1, -0.05) is 49.2 Å². The van der Waals surface area contributed by atoms with Crippen LogP contribution in [0.3, 0.4) is 0 Å². The Morgan fingerprint density at radius 3 is 2.58 bits per heavy atom. The van der Waals surface area contributed by atoms with E-state index in [1.807, 2.05) is 24.4 Å². The zero-order valence-corrected chi connectivity index (χ0v) is 20.6. The van der Waals surface area contributed by atoms with Crippen LogP contribution >= 0.6 is 24.0 Å². The first-order chi connectivity index (χ1) is 14.8. The molecule has 1 aromatic carbocycles. The quantitative estimate of drug-likeness (QED) is 0.196. The van der Waals surface area contributed by atoms with Gasteiger partial charge < -0.3 is 10.6 Å². The van der Waals surface area contributed by atoms with Crippen molar-refractivity contribution in [2.24, 2.45) is 4.99 Å². The van der Waals surface area contributed by atoms with Gasteiger partial charge in [0, 0.05) is 31.1 Å². The van der Waals surface area contributed by atoms with Crippen molar-refractivity contribution in [3.8, 4) is 0 Å². The van der Waals surface area contributed by atoms with Gasteiger partial charge in [0.25, 0.3) is 0 Å². The second-order valence-electron chi connectivity index (χ2n) is 8.12. The maximum absolute atomic E-state index is 4.99. The molecule has 0 aliphatic heterocycles. The van der Waals surface area contributed by atoms with Crippen LogP contribution in [0, 0.1) is 0 Å². The molecule has 0 bridgehead atoms. The van der Waals surface area contributed by atoms with E-state index in [1.54, 1.807) is 0 Å². The van der Waals surface area contributed by atoms with E-state index in [0.717, 1.165) is 49.9 Å². The van der Waals surface area contributed by atoms with E-state index >= 15 is 0 Å². The number of pyridine rings is 1. The SMILES string of the molecule is CCNC(=NCC1(c2ccccc2)CCCC1)NCCCc1nnc2ccccn12.I. The van der Waals surface area contributed by atoms with E-state index in [4.69, 9.17) is 4.99 Å². The van der Waals surface area contributed by atoms with Crippen LogP contribution in [-0.2, 0) is 11.8 Å². The van der Waals surface area contributed by atoms with Crippen LogP contribution in [0.1, 0.15) is 50.4 Å². The van der Waals surface area contributed by atoms with E-state index in [-0.39, 0.29) is 29.4 Å². The summed E-state index contributed by atoms with van der Waals surface area (Å²) >= 11 is 0. The zero-order valence-electron chi connectivity index (χ0n) is 18.3. The number of halogens is 1. The molecule has 0 unspecified atom stereocenters. The largest absolute Gasteiger partial charge is 0.357 e. The third kappa shape index (κ3) is 5.75. The second-order valence-corrected chi connectivity index (χ2v) is 8.12. The Morgan fingerprint density at radius 1 is 1.03 bits per heavy atom. The van der Waals surface area contributed by atoms with Crippen molar-refractivity contribution >= 4 is 35.6 Å². The van der Waals surface area contributed by atoms with Crippen LogP contribution in [0.5, 0.6) is 0 Å². The molecular weight excluding hydrogens is 499 g/mol. The summed E-state index contributed by atoms with van der Waals surface area (Å²) < 4.78 is 2.06. The van der Waals surface area contributed by atoms with E-state index in [9.17, 15) is 0 Å². The van der Waals surface area contributed by atoms with Gasteiger partial charge in [0.2, 0.25) is 0 Å². The molecular formula is C24H33IN6. The van der Waals surface area contributed by atoms with Crippen molar-refractivity contribution in [1.82, 2.24) is 25.2 Å². The fourth-order valence-corrected chi connectivity index (χ4v) is 4.47. The van der Waals surface area contributed by atoms with Crippen LogP contribution in [0.2, 0.25) is 0 Å². The first-order valence-corrected chi connectivity index (χ1v) is 11.2. The highest BCUT2D eigenvalue weighted by Crippen LogP contribution is 2.41. The van der Waals surface area contributed by atoms with Gasteiger partial charge in [-0.2, -0.15) is 0 Å². The molecule has 7 heteroatoms. The number of nitrogens with one attached hydrogen (secondary N) is 2. The van der Waals surface area contributed by atoms with Gasteiger partial charge in [0.1, 0.15) is 5.82 Å². The van der Waals surface area contributed by atoms with Crippen LogP contribution in [0.15, 0.2) is 59.7 Å². The van der Waals surface area contributed by atoms with Gasteiger partial charge >= 0.3 is 0 Å². The number of nitrogens with zero attached hydrogens (tertiary/aromatic N) is 4. The summed E-state index contributed by atoms with van der Waals surface area (Å²) in [4.78, 5) is 4.99. The monoisotopic (exact) mass is 532 g/mol. The van der Waals surface area contributed by atoms with Crippen LogP contribution in [-0.4, -0.2) is 40.2 Å². The fraction of sp³-hybridized carbons (Fsp3) is 0.458. The van der Waals surface area contributed by atoms with E-state index in [2.05, 4.69) is 62.5 Å². The maximum Gasteiger partial charge on any atom is 0.191 e. The predicted octanol–water partition coefficient (Wildman–Crippen LogP) is 4.35. The van der Waals surface area contributed by atoms with E-state index in [0.29, 0.717) is 0 Å². The fourth-order valence-electron chi connectivity index (χ4n) is 4.47. The first-order valence-electron chi connectivity index (χ1n) is 11.2. The summed E-state index contributed by atoms with van der Waals surface area (Å²) in [5.74, 6) is 1.91. The number of fused-ring (bicyclic) bond motifs is 1. The number of aliphatic imine (C=N–C) groups is 1. The molecule has 2 aromatic heterocycles. The van der Waals surface area contributed by atoms with Crippen molar-refractivity contribution in [3.05, 3.63) is 66.1 Å². The minimum atomic E-state index is 0. The molecule has 166 valence electrons. The minimum Gasteiger partial charge on any atom is -0.357 e. The molecule has 2 heterocycles. The Bertz CT molecular complexity index is 962. The minimum absolute atomic E-state index is 0. The summed E-state index contributed by atoms with van der Waals surface area (Å²) in [6, 6.07) is 16.9. The van der Waals surface area contributed by atoms with Gasteiger partial charge in [-0.25, -0.2) is 0 Å². The van der Waals surface area contributed by atoms with Crippen LogP contribution in [0.25, 0.3) is 5.65 Å². The lowest BCUT2D eigenvalue weighted by atomic mass is 9.79. The Morgan fingerprint density at radius 2 is 1.81 bits per heavy atom. The number of aromatic nitrogens is 3. The molecule has 1 aliphatic carbocycles. The molecule has 0 atom stereocenters. The number of hydrogen-bond acceptors (Lipinski definition) is 3. The summed E-state index contributed by atoms with van der Waals surface area (Å²) in [5, 5.41) is 15.5. The number of rotatable bonds is 8. The Hall–Kier alpha value is -2.16. The molecule has 31 heavy (non-hydrogen) atoms. The van der Waals surface area contributed by atoms with Crippen LogP contribution in [0.4, 0.5) is 0 Å². The highest BCUT2D eigenvalue weighted by molar-refractivity contribution is 14.0. The third-order valence-electron chi connectivity index (χ3n) is 6.08. The van der Waals surface area contributed by atoms with E-state index in [1.165, 1.54) is 31.2 Å². The predicted molar refractivity (Wildman–Crippen MR) is 137 cm³/mol. The van der Waals surface area contributed by atoms with Gasteiger partial charge in [0.15, 0.2) is 11.6 Å². The smallest absolute Gasteiger partial charge is 0.191 e. The maximum atomic E-state index is 4.99. The molecule has 1 fully saturated rings. The normalized spacial score (nSPS) is 15.6. The summed E-state index contributed by atoms with van der Waals surface area (Å²) in [7, 11) is 0. The van der Waals surface area contributed by atoms with E-state index < -0.39 is 0 Å². The van der Waals surface area contributed by atoms with Crippen molar-refractivity contribution < 1.29 is 0 Å². The summed E-state index contributed by atoms with van der Waals surface area (Å²) in [5.41, 5.74) is 2.52. The average Bonchev–Trinajstić information content (AvgIpc) is 3.44. The van der Waals surface area contributed by atoms with Gasteiger partial charge in [0.05, 0.1) is 6.54 Å². The second kappa shape index (κ2) is 11.5. The molecule has 1 saturated carbocycles. The molecule has 2 N–H and O–H groups in total. The highest BCUT2D eigenvalue weighted by atomic mass is 127. The standard InChI is InChI=1S/C24H32N6.HI/c1-2-25-23(26-17-10-14-22-29-28-21-13-6-9-18-30(21)22)27-19-24(15-7-8-16-24)20-11-4-3-5-12-20;/h3-6,9,11-13,18H,2,7-8,10,14-17,19H2,1H3,(H2,25,26,27);1H. The lowest BCUT2D eigenvalue weighted by Crippen LogP contribution is -2.39. The highest BCUT2D eigenvalue weighted by Gasteiger charge is 2.35. The number of hydrogen-bond donors (Lipinski definition) is 2. The van der Waals surface area contributed by atoms with Crippen molar-refractivity contribution in [1.29, 1.82) is 0 Å². The molecule has 0 radical (unpaired) electrons. The summed E-state index contributed by atoms with van der Waals surface area (Å²) in [6.07, 6.45) is 8.91. The Kier molecular flexibility index (Phi) is 8.69. The summed E-state index contributed by atoms with van der Waals surface area (Å²) in [6.45, 7) is 4.66. The molecule has 4 rings (SSSR count). The van der Waals surface area contributed by atoms with Crippen molar-refractivity contribution in [2.75, 3.05) is 19.6 Å². The lowest BCUT2D eigenvalue weighted by molar-refractivity contribution is 0.452. The van der Waals surface area contributed by atoms with Gasteiger partial charge in [-0.15, -0.1) is 34.2 Å². The average molecular weight is 532 g/mol. The molecule has 1 aliphatic rings. The molecule has 3 aromatic rings. The van der Waals surface area contributed by atoms with Crippen LogP contribution < -0.4 is 10.6 Å². The van der Waals surface area contributed by atoms with Crippen molar-refractivity contribution in [2.45, 2.75) is 50.9 Å². The molecule has 0 amide bonds. The molecule has 0 saturated heterocycles.